The van der Waals surface area contributed by atoms with Gasteiger partial charge in [-0.2, -0.15) is 13.2 Å². The first-order chi connectivity index (χ1) is 20.8. The maximum absolute atomic E-state index is 15.4. The molecule has 0 bridgehead atoms. The van der Waals surface area contributed by atoms with Gasteiger partial charge in [0.1, 0.15) is 23.8 Å². The van der Waals surface area contributed by atoms with Crippen molar-refractivity contribution in [2.75, 3.05) is 49.9 Å². The minimum atomic E-state index is -4.63. The highest BCUT2D eigenvalue weighted by molar-refractivity contribution is 7.92. The van der Waals surface area contributed by atoms with E-state index in [4.69, 9.17) is 0 Å². The molecule has 3 heterocycles. The molecule has 0 saturated carbocycles. The van der Waals surface area contributed by atoms with Gasteiger partial charge in [-0.1, -0.05) is 18.2 Å². The Balaban J connectivity index is 1.43. The number of sulfonamides is 1. The van der Waals surface area contributed by atoms with Gasteiger partial charge in [-0.15, -0.1) is 0 Å². The van der Waals surface area contributed by atoms with Crippen LogP contribution in [0.5, 0.6) is 0 Å². The predicted molar refractivity (Wildman–Crippen MR) is 157 cm³/mol. The molecule has 1 N–H and O–H groups in total. The maximum Gasteiger partial charge on any atom is 0.416 e. The van der Waals surface area contributed by atoms with Crippen LogP contribution in [0.25, 0.3) is 0 Å². The Kier molecular flexibility index (Phi) is 9.15. The Morgan fingerprint density at radius 3 is 2.50 bits per heavy atom. The SMILES string of the molecule is CN1CC[C@H](N(C)[C@@]2(CCc3cccc(C(F)(F)F)c3)CCCN(c3cc(F)c(S(=O)(=O)Nc4ccncn4)c(F)c3)C2)C1. The number of nitrogens with zero attached hydrogens (tertiary/aromatic N) is 5. The first kappa shape index (κ1) is 32.0. The van der Waals surface area contributed by atoms with Gasteiger partial charge in [0.2, 0.25) is 0 Å². The molecule has 44 heavy (non-hydrogen) atoms. The van der Waals surface area contributed by atoms with Crippen LogP contribution in [0, 0.1) is 11.6 Å². The minimum absolute atomic E-state index is 0.134. The molecule has 1 aromatic heterocycles. The molecule has 8 nitrogen and oxygen atoms in total. The molecule has 0 radical (unpaired) electrons. The second-order valence-corrected chi connectivity index (χ2v) is 13.3. The highest BCUT2D eigenvalue weighted by Gasteiger charge is 2.43. The van der Waals surface area contributed by atoms with E-state index < -0.39 is 43.8 Å². The standard InChI is InChI=1S/C30H35F5N6O2S/c1-39-14-9-23(18-39)40(2)29(11-7-21-5-3-6-22(15-21)30(33,34)35)10-4-13-41(19-29)24-16-25(31)28(26(32)17-24)44(42,43)38-27-8-12-36-20-37-27/h3,5-6,8,12,15-17,20,23H,4,7,9-11,13-14,18-19H2,1-2H3,(H,36,37,38)/t23-,29+/m0/s1. The third-order valence-corrected chi connectivity index (χ3v) is 10.2. The van der Waals surface area contributed by atoms with E-state index >= 15 is 8.78 Å². The van der Waals surface area contributed by atoms with Crippen LogP contribution >= 0.6 is 0 Å². The van der Waals surface area contributed by atoms with Crippen molar-refractivity contribution in [1.29, 1.82) is 0 Å². The van der Waals surface area contributed by atoms with Crippen LogP contribution in [-0.4, -0.2) is 80.0 Å². The maximum atomic E-state index is 15.4. The number of aromatic nitrogens is 2. The predicted octanol–water partition coefficient (Wildman–Crippen LogP) is 5.18. The molecule has 0 unspecified atom stereocenters. The zero-order chi connectivity index (χ0) is 31.7. The van der Waals surface area contributed by atoms with Crippen molar-refractivity contribution in [2.24, 2.45) is 0 Å². The van der Waals surface area contributed by atoms with Crippen molar-refractivity contribution in [2.45, 2.75) is 54.8 Å². The quantitative estimate of drug-likeness (QED) is 0.324. The summed E-state index contributed by atoms with van der Waals surface area (Å²) in [6, 6.07) is 8.83. The lowest BCUT2D eigenvalue weighted by Crippen LogP contribution is -2.61. The van der Waals surface area contributed by atoms with E-state index in [1.807, 2.05) is 19.0 Å². The fourth-order valence-corrected chi connectivity index (χ4v) is 7.55. The van der Waals surface area contributed by atoms with E-state index in [0.29, 0.717) is 37.9 Å². The first-order valence-corrected chi connectivity index (χ1v) is 15.9. The molecule has 0 aliphatic carbocycles. The summed E-state index contributed by atoms with van der Waals surface area (Å²) in [6.07, 6.45) is 1.21. The second-order valence-electron chi connectivity index (χ2n) is 11.7. The highest BCUT2D eigenvalue weighted by atomic mass is 32.2. The molecule has 2 saturated heterocycles. The number of aryl methyl sites for hydroxylation is 1. The minimum Gasteiger partial charge on any atom is -0.370 e. The fourth-order valence-electron chi connectivity index (χ4n) is 6.42. The van der Waals surface area contributed by atoms with Crippen molar-refractivity contribution in [1.82, 2.24) is 19.8 Å². The summed E-state index contributed by atoms with van der Waals surface area (Å²) in [5, 5.41) is 0. The van der Waals surface area contributed by atoms with Gasteiger partial charge in [0.05, 0.1) is 5.56 Å². The average molecular weight is 639 g/mol. The Bertz CT molecular complexity index is 1550. The summed E-state index contributed by atoms with van der Waals surface area (Å²) in [7, 11) is -0.568. The van der Waals surface area contributed by atoms with Crippen LogP contribution in [0.2, 0.25) is 0 Å². The van der Waals surface area contributed by atoms with Crippen molar-refractivity contribution in [3.63, 3.8) is 0 Å². The number of hydrogen-bond acceptors (Lipinski definition) is 7. The van der Waals surface area contributed by atoms with Crippen molar-refractivity contribution < 1.29 is 30.4 Å². The van der Waals surface area contributed by atoms with Crippen LogP contribution < -0.4 is 9.62 Å². The van der Waals surface area contributed by atoms with Crippen molar-refractivity contribution >= 4 is 21.5 Å². The summed E-state index contributed by atoms with van der Waals surface area (Å²) in [5.74, 6) is -2.62. The molecule has 2 aliphatic heterocycles. The van der Waals surface area contributed by atoms with Crippen molar-refractivity contribution in [3.8, 4) is 0 Å². The highest BCUT2D eigenvalue weighted by Crippen LogP contribution is 2.38. The molecule has 238 valence electrons. The molecule has 2 fully saturated rings. The first-order valence-electron chi connectivity index (χ1n) is 14.4. The van der Waals surface area contributed by atoms with Gasteiger partial charge in [-0.05, 0) is 82.6 Å². The lowest BCUT2D eigenvalue weighted by molar-refractivity contribution is -0.137. The van der Waals surface area contributed by atoms with Gasteiger partial charge in [-0.3, -0.25) is 9.62 Å². The second kappa shape index (κ2) is 12.6. The number of likely N-dealkylation sites (tertiary alicyclic amines) is 1. The molecule has 0 amide bonds. The van der Waals surface area contributed by atoms with Crippen LogP contribution in [0.15, 0.2) is 59.9 Å². The Labute approximate surface area is 254 Å². The number of hydrogen-bond donors (Lipinski definition) is 1. The molecule has 0 spiro atoms. The number of nitrogens with one attached hydrogen (secondary N) is 1. The van der Waals surface area contributed by atoms with Crippen LogP contribution in [0.1, 0.15) is 36.8 Å². The third-order valence-electron chi connectivity index (χ3n) is 8.79. The van der Waals surface area contributed by atoms with E-state index in [1.54, 1.807) is 6.07 Å². The number of benzene rings is 2. The molecule has 2 aromatic carbocycles. The number of anilines is 2. The normalized spacial score (nSPS) is 21.6. The third kappa shape index (κ3) is 6.97. The van der Waals surface area contributed by atoms with Crippen molar-refractivity contribution in [3.05, 3.63) is 77.8 Å². The average Bonchev–Trinajstić information content (AvgIpc) is 3.41. The largest absolute Gasteiger partial charge is 0.416 e. The summed E-state index contributed by atoms with van der Waals surface area (Å²) in [4.78, 5) is 12.7. The Hall–Kier alpha value is -3.36. The number of likely N-dealkylation sites (N-methyl/N-ethyl adjacent to an activating group) is 2. The van der Waals surface area contributed by atoms with Crippen LogP contribution in [0.4, 0.5) is 33.5 Å². The molecule has 5 rings (SSSR count). The van der Waals surface area contributed by atoms with Gasteiger partial charge in [-0.25, -0.2) is 27.2 Å². The van der Waals surface area contributed by atoms with E-state index in [-0.39, 0.29) is 17.5 Å². The zero-order valence-corrected chi connectivity index (χ0v) is 25.3. The lowest BCUT2D eigenvalue weighted by Gasteiger charge is -2.51. The smallest absolute Gasteiger partial charge is 0.370 e. The fraction of sp³-hybridized carbons (Fsp3) is 0.467. The van der Waals surface area contributed by atoms with Gasteiger partial charge in [0.15, 0.2) is 4.90 Å². The van der Waals surface area contributed by atoms with Gasteiger partial charge < -0.3 is 9.80 Å². The lowest BCUT2D eigenvalue weighted by atomic mass is 9.80. The monoisotopic (exact) mass is 638 g/mol. The number of halogens is 5. The number of rotatable bonds is 9. The molecule has 2 aliphatic rings. The molecule has 14 heteroatoms. The van der Waals surface area contributed by atoms with Gasteiger partial charge >= 0.3 is 6.18 Å². The molecular weight excluding hydrogens is 603 g/mol. The van der Waals surface area contributed by atoms with Gasteiger partial charge in [0.25, 0.3) is 10.0 Å². The topological polar surface area (TPSA) is 81.7 Å². The van der Waals surface area contributed by atoms with E-state index in [2.05, 4.69) is 24.5 Å². The summed E-state index contributed by atoms with van der Waals surface area (Å²) in [5.41, 5.74) is -0.443. The van der Waals surface area contributed by atoms with E-state index in [9.17, 15) is 21.6 Å². The number of alkyl halides is 3. The van der Waals surface area contributed by atoms with E-state index in [0.717, 1.165) is 50.5 Å². The molecule has 3 aromatic rings. The molecule has 2 atom stereocenters. The Morgan fingerprint density at radius 2 is 1.86 bits per heavy atom. The Morgan fingerprint density at radius 1 is 1.11 bits per heavy atom. The van der Waals surface area contributed by atoms with E-state index in [1.165, 1.54) is 24.4 Å². The summed E-state index contributed by atoms with van der Waals surface area (Å²) >= 11 is 0. The van der Waals surface area contributed by atoms with Crippen LogP contribution in [0.3, 0.4) is 0 Å². The summed E-state index contributed by atoms with van der Waals surface area (Å²) < 4.78 is 98.7. The van der Waals surface area contributed by atoms with Crippen LogP contribution in [-0.2, 0) is 22.6 Å². The zero-order valence-electron chi connectivity index (χ0n) is 24.5. The molecular formula is C30H35F5N6O2S. The summed E-state index contributed by atoms with van der Waals surface area (Å²) in [6.45, 7) is 2.59. The number of piperidine rings is 1. The van der Waals surface area contributed by atoms with Gasteiger partial charge in [0, 0.05) is 43.1 Å².